The van der Waals surface area contributed by atoms with Crippen molar-refractivity contribution < 1.29 is 9.85 Å². The van der Waals surface area contributed by atoms with Crippen LogP contribution in [0.25, 0.3) is 0 Å². The van der Waals surface area contributed by atoms with Crippen molar-refractivity contribution in [1.29, 1.82) is 0 Å². The Morgan fingerprint density at radius 3 is 2.47 bits per heavy atom. The van der Waals surface area contributed by atoms with Crippen molar-refractivity contribution in [3.63, 3.8) is 0 Å². The third-order valence-corrected chi connectivity index (χ3v) is 2.66. The number of rotatable bonds is 4. The number of benzene rings is 1. The van der Waals surface area contributed by atoms with Gasteiger partial charge in [-0.2, -0.15) is 4.68 Å². The van der Waals surface area contributed by atoms with Crippen molar-refractivity contribution in [3.8, 4) is 0 Å². The smallest absolute Gasteiger partial charge is 0.358 e. The van der Waals surface area contributed by atoms with E-state index in [-0.39, 0.29) is 17.3 Å². The maximum atomic E-state index is 10.8. The first kappa shape index (κ1) is 13.0. The number of hydrogen-bond donors (Lipinski definition) is 0. The quantitative estimate of drug-likeness (QED) is 0.632. The molecule has 0 atom stereocenters. The lowest BCUT2D eigenvalue weighted by Crippen LogP contribution is -2.04. The minimum Gasteiger partial charge on any atom is -0.358 e. The zero-order valence-electron chi connectivity index (χ0n) is 9.39. The third-order valence-electron chi connectivity index (χ3n) is 2.39. The number of halogens is 1. The summed E-state index contributed by atoms with van der Waals surface area (Å²) in [6.07, 6.45) is 1.26. The van der Waals surface area contributed by atoms with Crippen LogP contribution < -0.4 is 0 Å². The van der Waals surface area contributed by atoms with Crippen LogP contribution in [0.15, 0.2) is 30.5 Å². The average Bonchev–Trinajstić information content (AvgIpc) is 2.71. The maximum Gasteiger partial charge on any atom is 0.408 e. The van der Waals surface area contributed by atoms with Crippen LogP contribution in [0.4, 0.5) is 11.5 Å². The molecule has 2 aromatic rings. The van der Waals surface area contributed by atoms with Crippen molar-refractivity contribution >= 4 is 23.1 Å². The molecule has 0 spiro atoms. The van der Waals surface area contributed by atoms with E-state index in [2.05, 4.69) is 5.10 Å². The summed E-state index contributed by atoms with van der Waals surface area (Å²) >= 11 is 5.65. The lowest BCUT2D eigenvalue weighted by atomic mass is 10.2. The minimum atomic E-state index is -0.710. The second-order valence-corrected chi connectivity index (χ2v) is 4.05. The van der Waals surface area contributed by atoms with Gasteiger partial charge in [0.05, 0.1) is 28.3 Å². The lowest BCUT2D eigenvalue weighted by Gasteiger charge is -1.99. The highest BCUT2D eigenvalue weighted by molar-refractivity contribution is 6.32. The van der Waals surface area contributed by atoms with Crippen LogP contribution in [0, 0.1) is 20.2 Å². The van der Waals surface area contributed by atoms with Gasteiger partial charge < -0.3 is 10.1 Å². The SMILES string of the molecule is O=[N+]([O-])c1ccccc1Cn1cc(Cl)c([N+](=O)[O-])n1. The van der Waals surface area contributed by atoms with Gasteiger partial charge in [0, 0.05) is 6.07 Å². The Balaban J connectivity index is 2.34. The molecule has 1 aromatic carbocycles. The second kappa shape index (κ2) is 5.02. The van der Waals surface area contributed by atoms with Crippen LogP contribution in [0.3, 0.4) is 0 Å². The van der Waals surface area contributed by atoms with E-state index in [1.807, 2.05) is 0 Å². The summed E-state index contributed by atoms with van der Waals surface area (Å²) < 4.78 is 1.20. The van der Waals surface area contributed by atoms with Crippen molar-refractivity contribution in [1.82, 2.24) is 9.78 Å². The molecule has 98 valence electrons. The lowest BCUT2D eigenvalue weighted by molar-refractivity contribution is -0.389. The van der Waals surface area contributed by atoms with Gasteiger partial charge in [0.1, 0.15) is 0 Å². The molecule has 0 radical (unpaired) electrons. The summed E-state index contributed by atoms with van der Waals surface area (Å²) in [5.74, 6) is -0.472. The largest absolute Gasteiger partial charge is 0.408 e. The summed E-state index contributed by atoms with van der Waals surface area (Å²) in [5.41, 5.74) is 0.318. The first-order valence-electron chi connectivity index (χ1n) is 5.08. The average molecular weight is 283 g/mol. The van der Waals surface area contributed by atoms with Crippen LogP contribution >= 0.6 is 11.6 Å². The van der Waals surface area contributed by atoms with Gasteiger partial charge >= 0.3 is 5.82 Å². The van der Waals surface area contributed by atoms with Crippen molar-refractivity contribution in [2.75, 3.05) is 0 Å². The molecule has 0 aliphatic carbocycles. The zero-order valence-corrected chi connectivity index (χ0v) is 10.1. The van der Waals surface area contributed by atoms with Gasteiger partial charge in [-0.15, -0.1) is 0 Å². The van der Waals surface area contributed by atoms with Gasteiger partial charge in [0.25, 0.3) is 5.69 Å². The van der Waals surface area contributed by atoms with E-state index in [4.69, 9.17) is 11.6 Å². The predicted molar refractivity (Wildman–Crippen MR) is 66.1 cm³/mol. The molecule has 0 saturated carbocycles. The number of nitro benzene ring substituents is 1. The molecule has 1 heterocycles. The monoisotopic (exact) mass is 282 g/mol. The highest BCUT2D eigenvalue weighted by Gasteiger charge is 2.21. The molecule has 0 bridgehead atoms. The topological polar surface area (TPSA) is 104 Å². The number of hydrogen-bond acceptors (Lipinski definition) is 5. The molecule has 0 aliphatic rings. The van der Waals surface area contributed by atoms with Crippen molar-refractivity contribution in [2.45, 2.75) is 6.54 Å². The van der Waals surface area contributed by atoms with Gasteiger partial charge in [-0.05, 0) is 4.92 Å². The number of para-hydroxylation sites is 1. The zero-order chi connectivity index (χ0) is 14.0. The second-order valence-electron chi connectivity index (χ2n) is 3.64. The Morgan fingerprint density at radius 2 is 1.89 bits per heavy atom. The van der Waals surface area contributed by atoms with Gasteiger partial charge in [-0.1, -0.05) is 29.8 Å². The van der Waals surface area contributed by atoms with Gasteiger partial charge in [-0.25, -0.2) is 0 Å². The Hall–Kier alpha value is -2.48. The molecular formula is C10H7ClN4O4. The van der Waals surface area contributed by atoms with Crippen LogP contribution in [0.2, 0.25) is 5.02 Å². The van der Waals surface area contributed by atoms with E-state index in [9.17, 15) is 20.2 Å². The first-order valence-corrected chi connectivity index (χ1v) is 5.46. The van der Waals surface area contributed by atoms with Gasteiger partial charge in [-0.3, -0.25) is 10.1 Å². The van der Waals surface area contributed by atoms with E-state index >= 15 is 0 Å². The summed E-state index contributed by atoms with van der Waals surface area (Å²) in [6, 6.07) is 6.09. The molecule has 8 nitrogen and oxygen atoms in total. The van der Waals surface area contributed by atoms with E-state index in [0.29, 0.717) is 5.56 Å². The van der Waals surface area contributed by atoms with E-state index < -0.39 is 15.7 Å². The van der Waals surface area contributed by atoms with E-state index in [0.717, 1.165) is 0 Å². The Labute approximate surface area is 111 Å². The fourth-order valence-electron chi connectivity index (χ4n) is 1.59. The summed E-state index contributed by atoms with van der Waals surface area (Å²) in [4.78, 5) is 20.2. The Bertz CT molecular complexity index is 655. The van der Waals surface area contributed by atoms with Gasteiger partial charge in [0.15, 0.2) is 5.02 Å². The van der Waals surface area contributed by atoms with Crippen LogP contribution in [0.1, 0.15) is 5.56 Å². The fourth-order valence-corrected chi connectivity index (χ4v) is 1.81. The summed E-state index contributed by atoms with van der Waals surface area (Å²) in [5, 5.41) is 25.0. The number of nitro groups is 2. The molecule has 2 rings (SSSR count). The highest BCUT2D eigenvalue weighted by atomic mass is 35.5. The molecular weight excluding hydrogens is 276 g/mol. The van der Waals surface area contributed by atoms with Crippen molar-refractivity contribution in [2.24, 2.45) is 0 Å². The van der Waals surface area contributed by atoms with Crippen molar-refractivity contribution in [3.05, 3.63) is 61.3 Å². The van der Waals surface area contributed by atoms with Gasteiger partial charge in [0.2, 0.25) is 0 Å². The standard InChI is InChI=1S/C10H7ClN4O4/c11-8-6-13(12-10(8)15(18)19)5-7-3-1-2-4-9(7)14(16)17/h1-4,6H,5H2. The predicted octanol–water partition coefficient (Wildman–Crippen LogP) is 2.40. The molecule has 0 aliphatic heterocycles. The molecule has 1 aromatic heterocycles. The number of aromatic nitrogens is 2. The van der Waals surface area contributed by atoms with E-state index in [1.54, 1.807) is 18.2 Å². The van der Waals surface area contributed by atoms with Crippen LogP contribution in [-0.2, 0) is 6.54 Å². The van der Waals surface area contributed by atoms with E-state index in [1.165, 1.54) is 16.9 Å². The summed E-state index contributed by atoms with van der Waals surface area (Å²) in [6.45, 7) is 0.0325. The Morgan fingerprint density at radius 1 is 1.21 bits per heavy atom. The molecule has 0 unspecified atom stereocenters. The molecule has 0 amide bonds. The maximum absolute atomic E-state index is 10.8. The minimum absolute atomic E-state index is 0.0325. The third kappa shape index (κ3) is 2.68. The summed E-state index contributed by atoms with van der Waals surface area (Å²) in [7, 11) is 0. The van der Waals surface area contributed by atoms with Crippen LogP contribution in [0.5, 0.6) is 0 Å². The number of nitrogens with zero attached hydrogens (tertiary/aromatic N) is 4. The molecule has 0 fully saturated rings. The highest BCUT2D eigenvalue weighted by Crippen LogP contribution is 2.24. The molecule has 9 heteroatoms. The van der Waals surface area contributed by atoms with Crippen LogP contribution in [-0.4, -0.2) is 19.6 Å². The normalized spacial score (nSPS) is 10.4. The molecule has 0 saturated heterocycles. The molecule has 19 heavy (non-hydrogen) atoms. The first-order chi connectivity index (χ1) is 8.99. The Kier molecular flexibility index (Phi) is 3.43. The molecule has 0 N–H and O–H groups in total. The fraction of sp³-hybridized carbons (Fsp3) is 0.100.